The van der Waals surface area contributed by atoms with E-state index in [1.54, 1.807) is 0 Å². The Morgan fingerprint density at radius 2 is 1.47 bits per heavy atom. The maximum atomic E-state index is 4.97. The number of likely N-dealkylation sites (tertiary alicyclic amines) is 1. The van der Waals surface area contributed by atoms with E-state index in [4.69, 9.17) is 4.98 Å². The van der Waals surface area contributed by atoms with Crippen molar-refractivity contribution in [3.05, 3.63) is 96.6 Å². The molecule has 0 bridgehead atoms. The van der Waals surface area contributed by atoms with E-state index in [-0.39, 0.29) is 0 Å². The van der Waals surface area contributed by atoms with Gasteiger partial charge in [0.15, 0.2) is 0 Å². The Morgan fingerprint density at radius 1 is 0.844 bits per heavy atom. The second-order valence-electron chi connectivity index (χ2n) is 8.87. The van der Waals surface area contributed by atoms with Gasteiger partial charge in [-0.05, 0) is 37.5 Å². The molecule has 3 heteroatoms. The average Bonchev–Trinajstić information content (AvgIpc) is 2.88. The lowest BCUT2D eigenvalue weighted by molar-refractivity contribution is 0.162. The van der Waals surface area contributed by atoms with E-state index < -0.39 is 0 Å². The van der Waals surface area contributed by atoms with Crippen LogP contribution in [0.5, 0.6) is 0 Å². The van der Waals surface area contributed by atoms with Crippen molar-refractivity contribution in [1.29, 1.82) is 0 Å². The molecule has 1 saturated heterocycles. The Bertz CT molecular complexity index is 1160. The third-order valence-corrected chi connectivity index (χ3v) is 7.02. The largest absolute Gasteiger partial charge is 0.371 e. The highest BCUT2D eigenvalue weighted by Gasteiger charge is 2.27. The van der Waals surface area contributed by atoms with Crippen molar-refractivity contribution in [3.8, 4) is 11.3 Å². The van der Waals surface area contributed by atoms with Crippen molar-refractivity contribution in [1.82, 2.24) is 9.88 Å². The molecular weight excluding hydrogens is 390 g/mol. The Labute approximate surface area is 191 Å². The molecule has 2 heterocycles. The lowest BCUT2D eigenvalue weighted by Crippen LogP contribution is -2.44. The van der Waals surface area contributed by atoms with Crippen LogP contribution in [-0.4, -0.2) is 36.1 Å². The number of hydrogen-bond acceptors (Lipinski definition) is 3. The van der Waals surface area contributed by atoms with E-state index in [9.17, 15) is 0 Å². The summed E-state index contributed by atoms with van der Waals surface area (Å²) in [6.07, 6.45) is 2.34. The number of rotatable bonds is 5. The van der Waals surface area contributed by atoms with Gasteiger partial charge in [0.05, 0.1) is 11.2 Å². The van der Waals surface area contributed by atoms with Crippen molar-refractivity contribution < 1.29 is 0 Å². The maximum absolute atomic E-state index is 4.97. The molecular formula is C29H31N3. The van der Waals surface area contributed by atoms with Gasteiger partial charge in [0.2, 0.25) is 0 Å². The third-order valence-electron chi connectivity index (χ3n) is 7.02. The Morgan fingerprint density at radius 3 is 2.19 bits per heavy atom. The van der Waals surface area contributed by atoms with Crippen LogP contribution >= 0.6 is 0 Å². The van der Waals surface area contributed by atoms with Crippen molar-refractivity contribution in [2.75, 3.05) is 25.0 Å². The topological polar surface area (TPSA) is 19.4 Å². The monoisotopic (exact) mass is 421 g/mol. The van der Waals surface area contributed by atoms with Gasteiger partial charge in [0.25, 0.3) is 0 Å². The number of fused-ring (bicyclic) bond motifs is 1. The number of para-hydroxylation sites is 1. The van der Waals surface area contributed by atoms with Gasteiger partial charge < -0.3 is 4.90 Å². The highest BCUT2D eigenvalue weighted by Crippen LogP contribution is 2.34. The number of hydrogen-bond donors (Lipinski definition) is 0. The van der Waals surface area contributed by atoms with Gasteiger partial charge >= 0.3 is 0 Å². The molecule has 0 amide bonds. The Hall–Kier alpha value is -3.17. The number of piperidine rings is 1. The van der Waals surface area contributed by atoms with Crippen molar-refractivity contribution in [2.24, 2.45) is 0 Å². The van der Waals surface area contributed by atoms with E-state index in [2.05, 4.69) is 115 Å². The van der Waals surface area contributed by atoms with Crippen LogP contribution in [0.1, 0.15) is 31.4 Å². The van der Waals surface area contributed by atoms with E-state index in [0.717, 1.165) is 24.3 Å². The maximum Gasteiger partial charge on any atom is 0.0730 e. The zero-order valence-electron chi connectivity index (χ0n) is 19.0. The molecule has 0 radical (unpaired) electrons. The number of pyridine rings is 1. The Balaban J connectivity index is 1.39. The van der Waals surface area contributed by atoms with Crippen LogP contribution in [0.15, 0.2) is 91.0 Å². The summed E-state index contributed by atoms with van der Waals surface area (Å²) in [5.74, 6) is 0. The third kappa shape index (κ3) is 4.13. The van der Waals surface area contributed by atoms with E-state index in [1.165, 1.54) is 35.0 Å². The van der Waals surface area contributed by atoms with Gasteiger partial charge in [0.1, 0.15) is 0 Å². The molecule has 0 saturated carbocycles. The Kier molecular flexibility index (Phi) is 5.91. The number of benzene rings is 3. The van der Waals surface area contributed by atoms with Crippen LogP contribution in [0.4, 0.5) is 5.69 Å². The second kappa shape index (κ2) is 9.13. The SMILES string of the molecule is CC(c1ccccc1)N1CCC(N(C)c2cc(-c3ccccc3)nc3ccccc23)CC1. The fourth-order valence-corrected chi connectivity index (χ4v) is 5.01. The van der Waals surface area contributed by atoms with Crippen LogP contribution in [0.25, 0.3) is 22.2 Å². The quantitative estimate of drug-likeness (QED) is 0.364. The zero-order chi connectivity index (χ0) is 21.9. The minimum absolute atomic E-state index is 0.467. The molecule has 1 unspecified atom stereocenters. The summed E-state index contributed by atoms with van der Waals surface area (Å²) in [5.41, 5.74) is 5.96. The number of nitrogens with zero attached hydrogens (tertiary/aromatic N) is 3. The van der Waals surface area contributed by atoms with Crippen LogP contribution in [0.2, 0.25) is 0 Å². The van der Waals surface area contributed by atoms with E-state index in [0.29, 0.717) is 12.1 Å². The lowest BCUT2D eigenvalue weighted by Gasteiger charge is -2.40. The molecule has 0 aliphatic carbocycles. The standard InChI is InChI=1S/C29H31N3/c1-22(23-11-5-3-6-12-23)32-19-17-25(18-20-32)31(2)29-21-28(24-13-7-4-8-14-24)30-27-16-10-9-15-26(27)29/h3-16,21-22,25H,17-20H2,1-2H3. The fourth-order valence-electron chi connectivity index (χ4n) is 5.01. The van der Waals surface area contributed by atoms with Gasteiger partial charge in [-0.2, -0.15) is 0 Å². The first kappa shape index (κ1) is 20.7. The summed E-state index contributed by atoms with van der Waals surface area (Å²) in [6, 6.07) is 33.2. The van der Waals surface area contributed by atoms with Crippen molar-refractivity contribution in [2.45, 2.75) is 31.8 Å². The highest BCUT2D eigenvalue weighted by atomic mass is 15.2. The minimum atomic E-state index is 0.467. The van der Waals surface area contributed by atoms with Crippen LogP contribution in [0, 0.1) is 0 Å². The second-order valence-corrected chi connectivity index (χ2v) is 8.87. The summed E-state index contributed by atoms with van der Waals surface area (Å²) < 4.78 is 0. The summed E-state index contributed by atoms with van der Waals surface area (Å²) in [4.78, 5) is 10.1. The molecule has 0 spiro atoms. The van der Waals surface area contributed by atoms with Gasteiger partial charge in [-0.3, -0.25) is 4.90 Å². The fraction of sp³-hybridized carbons (Fsp3) is 0.276. The van der Waals surface area contributed by atoms with E-state index in [1.807, 2.05) is 0 Å². The summed E-state index contributed by atoms with van der Waals surface area (Å²) in [7, 11) is 2.26. The predicted molar refractivity (Wildman–Crippen MR) is 135 cm³/mol. The zero-order valence-corrected chi connectivity index (χ0v) is 19.0. The van der Waals surface area contributed by atoms with Crippen LogP contribution in [-0.2, 0) is 0 Å². The molecule has 4 aromatic rings. The van der Waals surface area contributed by atoms with Crippen molar-refractivity contribution in [3.63, 3.8) is 0 Å². The molecule has 3 aromatic carbocycles. The molecule has 1 aliphatic rings. The molecule has 0 N–H and O–H groups in total. The molecule has 1 atom stereocenters. The lowest BCUT2D eigenvalue weighted by atomic mass is 9.98. The molecule has 1 aromatic heterocycles. The molecule has 1 fully saturated rings. The predicted octanol–water partition coefficient (Wildman–Crippen LogP) is 6.56. The first-order chi connectivity index (χ1) is 15.7. The number of anilines is 1. The smallest absolute Gasteiger partial charge is 0.0730 e. The summed E-state index contributed by atoms with van der Waals surface area (Å²) in [6.45, 7) is 4.58. The highest BCUT2D eigenvalue weighted by molar-refractivity contribution is 5.94. The van der Waals surface area contributed by atoms with Gasteiger partial charge in [0, 0.05) is 48.9 Å². The first-order valence-corrected chi connectivity index (χ1v) is 11.7. The average molecular weight is 422 g/mol. The normalized spacial score (nSPS) is 16.2. The summed E-state index contributed by atoms with van der Waals surface area (Å²) in [5, 5.41) is 1.23. The minimum Gasteiger partial charge on any atom is -0.371 e. The molecule has 32 heavy (non-hydrogen) atoms. The van der Waals surface area contributed by atoms with Gasteiger partial charge in [-0.25, -0.2) is 4.98 Å². The van der Waals surface area contributed by atoms with Crippen LogP contribution in [0.3, 0.4) is 0 Å². The van der Waals surface area contributed by atoms with Crippen molar-refractivity contribution >= 4 is 16.6 Å². The summed E-state index contributed by atoms with van der Waals surface area (Å²) >= 11 is 0. The first-order valence-electron chi connectivity index (χ1n) is 11.7. The molecule has 5 rings (SSSR count). The molecule has 1 aliphatic heterocycles. The van der Waals surface area contributed by atoms with Gasteiger partial charge in [-0.15, -0.1) is 0 Å². The van der Waals surface area contributed by atoms with E-state index >= 15 is 0 Å². The molecule has 3 nitrogen and oxygen atoms in total. The van der Waals surface area contributed by atoms with Crippen LogP contribution < -0.4 is 4.90 Å². The molecule has 162 valence electrons. The van der Waals surface area contributed by atoms with Gasteiger partial charge in [-0.1, -0.05) is 78.9 Å². The number of aromatic nitrogens is 1.